The molecule has 1 atom stereocenters. The molecule has 0 saturated carbocycles. The molecule has 0 amide bonds. The van der Waals surface area contributed by atoms with E-state index in [1.54, 1.807) is 7.05 Å². The number of nitrogens with zero attached hydrogens (tertiary/aromatic N) is 2. The van der Waals surface area contributed by atoms with Gasteiger partial charge in [-0.25, -0.2) is 0 Å². The molecule has 1 unspecified atom stereocenters. The number of furan rings is 1. The van der Waals surface area contributed by atoms with Gasteiger partial charge in [0.1, 0.15) is 11.5 Å². The van der Waals surface area contributed by atoms with Crippen molar-refractivity contribution >= 4 is 17.6 Å². The zero-order valence-electron chi connectivity index (χ0n) is 15.9. The Morgan fingerprint density at radius 2 is 1.96 bits per heavy atom. The molecule has 0 radical (unpaired) electrons. The number of hydrogen-bond donors (Lipinski definition) is 2. The van der Waals surface area contributed by atoms with Gasteiger partial charge in [0.25, 0.3) is 0 Å². The highest BCUT2D eigenvalue weighted by molar-refractivity contribution is 6.31. The Balaban J connectivity index is 1.61. The van der Waals surface area contributed by atoms with Gasteiger partial charge in [-0.2, -0.15) is 0 Å². The summed E-state index contributed by atoms with van der Waals surface area (Å²) in [7, 11) is 1.77. The molecule has 2 heterocycles. The van der Waals surface area contributed by atoms with Crippen LogP contribution in [-0.2, 0) is 11.3 Å². The van der Waals surface area contributed by atoms with E-state index in [-0.39, 0.29) is 6.04 Å². The van der Waals surface area contributed by atoms with E-state index in [4.69, 9.17) is 20.8 Å². The fourth-order valence-corrected chi connectivity index (χ4v) is 3.37. The van der Waals surface area contributed by atoms with Crippen LogP contribution in [0.4, 0.5) is 0 Å². The Morgan fingerprint density at radius 1 is 1.19 bits per heavy atom. The lowest BCUT2D eigenvalue weighted by atomic mass is 10.1. The summed E-state index contributed by atoms with van der Waals surface area (Å²) >= 11 is 6.23. The van der Waals surface area contributed by atoms with E-state index in [0.717, 1.165) is 54.4 Å². The third kappa shape index (κ3) is 5.48. The van der Waals surface area contributed by atoms with Gasteiger partial charge in [0.2, 0.25) is 0 Å². The van der Waals surface area contributed by atoms with Crippen molar-refractivity contribution in [1.82, 2.24) is 15.5 Å². The van der Waals surface area contributed by atoms with Gasteiger partial charge in [0.15, 0.2) is 5.96 Å². The highest BCUT2D eigenvalue weighted by Crippen LogP contribution is 2.23. The molecule has 0 aliphatic carbocycles. The SMILES string of the molecule is CN=C(NCc1ccccc1Cl)NCC(c1ccc(C)o1)N1CCOCC1. The molecule has 3 rings (SSSR count). The molecule has 2 N–H and O–H groups in total. The Hall–Kier alpha value is -2.02. The van der Waals surface area contributed by atoms with E-state index in [2.05, 4.69) is 26.6 Å². The number of ether oxygens (including phenoxy) is 1. The summed E-state index contributed by atoms with van der Waals surface area (Å²) < 4.78 is 11.4. The topological polar surface area (TPSA) is 62.0 Å². The van der Waals surface area contributed by atoms with Crippen LogP contribution < -0.4 is 10.6 Å². The molecular formula is C20H27ClN4O2. The van der Waals surface area contributed by atoms with Crippen LogP contribution in [0.2, 0.25) is 5.02 Å². The zero-order chi connectivity index (χ0) is 19.1. The summed E-state index contributed by atoms with van der Waals surface area (Å²) in [6, 6.07) is 12.0. The van der Waals surface area contributed by atoms with Crippen LogP contribution in [0.5, 0.6) is 0 Å². The van der Waals surface area contributed by atoms with Crippen LogP contribution in [0.3, 0.4) is 0 Å². The molecule has 6 nitrogen and oxygen atoms in total. The minimum atomic E-state index is 0.126. The van der Waals surface area contributed by atoms with E-state index in [1.165, 1.54) is 0 Å². The fraction of sp³-hybridized carbons (Fsp3) is 0.450. The normalized spacial score (nSPS) is 16.9. The highest BCUT2D eigenvalue weighted by atomic mass is 35.5. The van der Waals surface area contributed by atoms with Gasteiger partial charge < -0.3 is 19.8 Å². The Morgan fingerprint density at radius 3 is 2.63 bits per heavy atom. The first kappa shape index (κ1) is 19.7. The number of morpholine rings is 1. The van der Waals surface area contributed by atoms with Gasteiger partial charge in [0, 0.05) is 38.2 Å². The molecule has 2 aromatic rings. The summed E-state index contributed by atoms with van der Waals surface area (Å²) in [5.74, 6) is 2.62. The van der Waals surface area contributed by atoms with Crippen molar-refractivity contribution in [2.45, 2.75) is 19.5 Å². The quantitative estimate of drug-likeness (QED) is 0.586. The standard InChI is InChI=1S/C20H27ClN4O2/c1-15-7-8-19(27-15)18(25-9-11-26-12-10-25)14-24-20(22-2)23-13-16-5-3-4-6-17(16)21/h3-8,18H,9-14H2,1-2H3,(H2,22,23,24). The van der Waals surface area contributed by atoms with Gasteiger partial charge in [-0.3, -0.25) is 9.89 Å². The van der Waals surface area contributed by atoms with Crippen molar-refractivity contribution in [3.63, 3.8) is 0 Å². The minimum absolute atomic E-state index is 0.126. The maximum Gasteiger partial charge on any atom is 0.191 e. The minimum Gasteiger partial charge on any atom is -0.465 e. The Labute approximate surface area is 165 Å². The number of guanidine groups is 1. The molecular weight excluding hydrogens is 364 g/mol. The second-order valence-corrected chi connectivity index (χ2v) is 6.92. The molecule has 1 aromatic carbocycles. The summed E-state index contributed by atoms with van der Waals surface area (Å²) in [4.78, 5) is 6.71. The smallest absolute Gasteiger partial charge is 0.191 e. The number of rotatable bonds is 6. The first-order chi connectivity index (χ1) is 13.2. The number of benzene rings is 1. The maximum atomic E-state index is 6.23. The third-order valence-electron chi connectivity index (χ3n) is 4.67. The van der Waals surface area contributed by atoms with Crippen molar-refractivity contribution in [3.8, 4) is 0 Å². The first-order valence-electron chi connectivity index (χ1n) is 9.23. The number of aliphatic imine (C=N–C) groups is 1. The molecule has 1 aromatic heterocycles. The molecule has 0 bridgehead atoms. The molecule has 1 aliphatic rings. The van der Waals surface area contributed by atoms with Crippen molar-refractivity contribution in [2.75, 3.05) is 39.9 Å². The van der Waals surface area contributed by atoms with Crippen LogP contribution in [0.1, 0.15) is 23.1 Å². The summed E-state index contributed by atoms with van der Waals surface area (Å²) in [5.41, 5.74) is 1.04. The summed E-state index contributed by atoms with van der Waals surface area (Å²) in [6.07, 6.45) is 0. The average molecular weight is 391 g/mol. The van der Waals surface area contributed by atoms with Gasteiger partial charge in [0.05, 0.1) is 19.3 Å². The Bertz CT molecular complexity index is 756. The first-order valence-corrected chi connectivity index (χ1v) is 9.61. The van der Waals surface area contributed by atoms with Gasteiger partial charge in [-0.05, 0) is 30.7 Å². The van der Waals surface area contributed by atoms with E-state index in [1.807, 2.05) is 37.3 Å². The highest BCUT2D eigenvalue weighted by Gasteiger charge is 2.25. The maximum absolute atomic E-state index is 6.23. The predicted molar refractivity (Wildman–Crippen MR) is 108 cm³/mol. The van der Waals surface area contributed by atoms with Crippen LogP contribution in [0.25, 0.3) is 0 Å². The molecule has 1 aliphatic heterocycles. The molecule has 0 spiro atoms. The largest absolute Gasteiger partial charge is 0.465 e. The molecule has 1 saturated heterocycles. The van der Waals surface area contributed by atoms with E-state index < -0.39 is 0 Å². The lowest BCUT2D eigenvalue weighted by Crippen LogP contribution is -2.46. The summed E-state index contributed by atoms with van der Waals surface area (Å²) in [6.45, 7) is 6.54. The van der Waals surface area contributed by atoms with Gasteiger partial charge in [-0.15, -0.1) is 0 Å². The van der Waals surface area contributed by atoms with E-state index in [9.17, 15) is 0 Å². The third-order valence-corrected chi connectivity index (χ3v) is 5.04. The molecule has 7 heteroatoms. The van der Waals surface area contributed by atoms with Crippen molar-refractivity contribution < 1.29 is 9.15 Å². The molecule has 1 fully saturated rings. The zero-order valence-corrected chi connectivity index (χ0v) is 16.6. The summed E-state index contributed by atoms with van der Waals surface area (Å²) in [5, 5.41) is 7.49. The van der Waals surface area contributed by atoms with Crippen molar-refractivity contribution in [2.24, 2.45) is 4.99 Å². The van der Waals surface area contributed by atoms with Crippen molar-refractivity contribution in [1.29, 1.82) is 0 Å². The van der Waals surface area contributed by atoms with Crippen LogP contribution >= 0.6 is 11.6 Å². The number of halogens is 1. The second-order valence-electron chi connectivity index (χ2n) is 6.51. The van der Waals surface area contributed by atoms with Gasteiger partial charge in [-0.1, -0.05) is 29.8 Å². The monoisotopic (exact) mass is 390 g/mol. The van der Waals surface area contributed by atoms with Crippen LogP contribution in [0, 0.1) is 6.92 Å². The molecule has 27 heavy (non-hydrogen) atoms. The average Bonchev–Trinajstić information content (AvgIpc) is 3.12. The lowest BCUT2D eigenvalue weighted by molar-refractivity contribution is 0.0124. The fourth-order valence-electron chi connectivity index (χ4n) is 3.17. The van der Waals surface area contributed by atoms with E-state index in [0.29, 0.717) is 13.1 Å². The number of aryl methyl sites for hydroxylation is 1. The van der Waals surface area contributed by atoms with Gasteiger partial charge >= 0.3 is 0 Å². The molecule has 146 valence electrons. The predicted octanol–water partition coefficient (Wildman–Crippen LogP) is 2.98. The number of nitrogens with one attached hydrogen (secondary N) is 2. The van der Waals surface area contributed by atoms with Crippen LogP contribution in [0.15, 0.2) is 45.8 Å². The van der Waals surface area contributed by atoms with Crippen LogP contribution in [-0.4, -0.2) is 50.8 Å². The number of hydrogen-bond acceptors (Lipinski definition) is 4. The second kappa shape index (κ2) is 9.78. The van der Waals surface area contributed by atoms with E-state index >= 15 is 0 Å². The van der Waals surface area contributed by atoms with Crippen molar-refractivity contribution in [3.05, 3.63) is 58.5 Å². The Kier molecular flexibility index (Phi) is 7.15. The lowest BCUT2D eigenvalue weighted by Gasteiger charge is -2.33.